The number of carbonyl (C=O) groups is 1. The summed E-state index contributed by atoms with van der Waals surface area (Å²) in [5.41, 5.74) is -0.467. The lowest BCUT2D eigenvalue weighted by Crippen LogP contribution is -2.38. The second-order valence-corrected chi connectivity index (χ2v) is 4.65. The van der Waals surface area contributed by atoms with Crippen LogP contribution in [0.3, 0.4) is 0 Å². The molecule has 5 nitrogen and oxygen atoms in total. The van der Waals surface area contributed by atoms with Crippen LogP contribution >= 0.6 is 0 Å². The SMILES string of the molecule is CC(CC#N)NCCNC(=O)OC(C)(C)C. The predicted molar refractivity (Wildman–Crippen MR) is 61.9 cm³/mol. The third-order valence-electron chi connectivity index (χ3n) is 1.68. The Morgan fingerprint density at radius 3 is 2.56 bits per heavy atom. The van der Waals surface area contributed by atoms with Gasteiger partial charge in [-0.15, -0.1) is 0 Å². The first-order valence-electron chi connectivity index (χ1n) is 5.42. The minimum atomic E-state index is -0.467. The first-order chi connectivity index (χ1) is 7.35. The van der Waals surface area contributed by atoms with Crippen LogP contribution in [-0.4, -0.2) is 30.8 Å². The van der Waals surface area contributed by atoms with E-state index in [9.17, 15) is 4.79 Å². The fourth-order valence-corrected chi connectivity index (χ4v) is 1.01. The summed E-state index contributed by atoms with van der Waals surface area (Å²) in [6.45, 7) is 8.50. The molecule has 16 heavy (non-hydrogen) atoms. The molecule has 0 aliphatic rings. The summed E-state index contributed by atoms with van der Waals surface area (Å²) >= 11 is 0. The van der Waals surface area contributed by atoms with Crippen molar-refractivity contribution in [1.82, 2.24) is 10.6 Å². The second kappa shape index (κ2) is 7.07. The van der Waals surface area contributed by atoms with E-state index in [4.69, 9.17) is 10.00 Å². The lowest BCUT2D eigenvalue weighted by molar-refractivity contribution is 0.0528. The van der Waals surface area contributed by atoms with Crippen molar-refractivity contribution in [3.8, 4) is 6.07 Å². The average Bonchev–Trinajstić information content (AvgIpc) is 2.10. The minimum Gasteiger partial charge on any atom is -0.444 e. The lowest BCUT2D eigenvalue weighted by atomic mass is 10.2. The molecule has 0 spiro atoms. The van der Waals surface area contributed by atoms with Crippen LogP contribution in [0.5, 0.6) is 0 Å². The largest absolute Gasteiger partial charge is 0.444 e. The Bertz CT molecular complexity index is 253. The van der Waals surface area contributed by atoms with Gasteiger partial charge in [-0.1, -0.05) is 0 Å². The van der Waals surface area contributed by atoms with Crippen molar-refractivity contribution in [1.29, 1.82) is 5.26 Å². The number of hydrogen-bond acceptors (Lipinski definition) is 4. The molecule has 1 unspecified atom stereocenters. The number of ether oxygens (including phenoxy) is 1. The first-order valence-corrected chi connectivity index (χ1v) is 5.42. The molecule has 0 saturated heterocycles. The number of hydrogen-bond donors (Lipinski definition) is 2. The molecular weight excluding hydrogens is 206 g/mol. The smallest absolute Gasteiger partial charge is 0.407 e. The number of nitrogens with zero attached hydrogens (tertiary/aromatic N) is 1. The number of alkyl carbamates (subject to hydrolysis) is 1. The lowest BCUT2D eigenvalue weighted by Gasteiger charge is -2.20. The Hall–Kier alpha value is -1.28. The Morgan fingerprint density at radius 1 is 1.44 bits per heavy atom. The maximum absolute atomic E-state index is 11.2. The Kier molecular flexibility index (Phi) is 6.50. The molecule has 0 aliphatic carbocycles. The van der Waals surface area contributed by atoms with Crippen molar-refractivity contribution >= 4 is 6.09 Å². The van der Waals surface area contributed by atoms with Gasteiger partial charge in [-0.2, -0.15) is 5.26 Å². The molecule has 1 atom stereocenters. The minimum absolute atomic E-state index is 0.144. The summed E-state index contributed by atoms with van der Waals surface area (Å²) in [6, 6.07) is 2.22. The van der Waals surface area contributed by atoms with Crippen LogP contribution in [0.15, 0.2) is 0 Å². The van der Waals surface area contributed by atoms with Crippen LogP contribution < -0.4 is 10.6 Å². The third kappa shape index (κ3) is 9.28. The quantitative estimate of drug-likeness (QED) is 0.696. The molecule has 0 saturated carbocycles. The van der Waals surface area contributed by atoms with Crippen LogP contribution in [0.25, 0.3) is 0 Å². The highest BCUT2D eigenvalue weighted by molar-refractivity contribution is 5.67. The van der Waals surface area contributed by atoms with E-state index in [1.54, 1.807) is 0 Å². The summed E-state index contributed by atoms with van der Waals surface area (Å²) in [5.74, 6) is 0. The Morgan fingerprint density at radius 2 is 2.06 bits per heavy atom. The number of amides is 1. The highest BCUT2D eigenvalue weighted by atomic mass is 16.6. The van der Waals surface area contributed by atoms with E-state index < -0.39 is 11.7 Å². The first kappa shape index (κ1) is 14.7. The number of carbonyl (C=O) groups excluding carboxylic acids is 1. The van der Waals surface area contributed by atoms with Gasteiger partial charge in [-0.3, -0.25) is 0 Å². The highest BCUT2D eigenvalue weighted by Crippen LogP contribution is 2.05. The summed E-state index contributed by atoms with van der Waals surface area (Å²) in [4.78, 5) is 11.2. The zero-order chi connectivity index (χ0) is 12.6. The van der Waals surface area contributed by atoms with Gasteiger partial charge < -0.3 is 15.4 Å². The second-order valence-electron chi connectivity index (χ2n) is 4.65. The molecule has 92 valence electrons. The van der Waals surface area contributed by atoms with Gasteiger partial charge in [0, 0.05) is 19.1 Å². The van der Waals surface area contributed by atoms with Gasteiger partial charge >= 0.3 is 6.09 Å². The molecule has 0 aromatic carbocycles. The molecule has 0 aromatic heterocycles. The van der Waals surface area contributed by atoms with Crippen molar-refractivity contribution < 1.29 is 9.53 Å². The van der Waals surface area contributed by atoms with E-state index in [1.807, 2.05) is 27.7 Å². The van der Waals surface area contributed by atoms with Gasteiger partial charge in [0.05, 0.1) is 12.5 Å². The topological polar surface area (TPSA) is 74.2 Å². The maximum Gasteiger partial charge on any atom is 0.407 e. The van der Waals surface area contributed by atoms with E-state index in [0.29, 0.717) is 19.5 Å². The summed E-state index contributed by atoms with van der Waals surface area (Å²) in [7, 11) is 0. The van der Waals surface area contributed by atoms with Crippen molar-refractivity contribution in [3.05, 3.63) is 0 Å². The van der Waals surface area contributed by atoms with Gasteiger partial charge in [0.25, 0.3) is 0 Å². The molecule has 2 N–H and O–H groups in total. The van der Waals surface area contributed by atoms with E-state index >= 15 is 0 Å². The van der Waals surface area contributed by atoms with Gasteiger partial charge in [0.1, 0.15) is 5.60 Å². The monoisotopic (exact) mass is 227 g/mol. The van der Waals surface area contributed by atoms with Gasteiger partial charge in [0.2, 0.25) is 0 Å². The number of nitrogens with one attached hydrogen (secondary N) is 2. The van der Waals surface area contributed by atoms with Crippen LogP contribution in [0.4, 0.5) is 4.79 Å². The van der Waals surface area contributed by atoms with Crippen molar-refractivity contribution in [3.63, 3.8) is 0 Å². The van der Waals surface area contributed by atoms with Crippen LogP contribution in [-0.2, 0) is 4.74 Å². The Labute approximate surface area is 97.2 Å². The molecule has 0 aliphatic heterocycles. The zero-order valence-electron chi connectivity index (χ0n) is 10.5. The zero-order valence-corrected chi connectivity index (χ0v) is 10.5. The molecule has 0 radical (unpaired) electrons. The fraction of sp³-hybridized carbons (Fsp3) is 0.818. The Balaban J connectivity index is 3.53. The summed E-state index contributed by atoms with van der Waals surface area (Å²) in [5, 5.41) is 14.2. The molecule has 5 heteroatoms. The van der Waals surface area contributed by atoms with Crippen molar-refractivity contribution in [2.24, 2.45) is 0 Å². The van der Waals surface area contributed by atoms with E-state index in [0.717, 1.165) is 0 Å². The molecule has 0 rings (SSSR count). The predicted octanol–water partition coefficient (Wildman–Crippen LogP) is 1.40. The molecule has 1 amide bonds. The molecule has 0 bridgehead atoms. The van der Waals surface area contributed by atoms with E-state index in [1.165, 1.54) is 0 Å². The normalized spacial score (nSPS) is 12.7. The van der Waals surface area contributed by atoms with Crippen LogP contribution in [0.2, 0.25) is 0 Å². The van der Waals surface area contributed by atoms with Gasteiger partial charge in [-0.25, -0.2) is 4.79 Å². The van der Waals surface area contributed by atoms with Crippen LogP contribution in [0, 0.1) is 11.3 Å². The molecule has 0 fully saturated rings. The third-order valence-corrected chi connectivity index (χ3v) is 1.68. The fourth-order valence-electron chi connectivity index (χ4n) is 1.01. The van der Waals surface area contributed by atoms with Crippen LogP contribution in [0.1, 0.15) is 34.1 Å². The van der Waals surface area contributed by atoms with Crippen molar-refractivity contribution in [2.75, 3.05) is 13.1 Å². The average molecular weight is 227 g/mol. The summed E-state index contributed by atoms with van der Waals surface area (Å²) < 4.78 is 5.06. The van der Waals surface area contributed by atoms with Gasteiger partial charge in [-0.05, 0) is 27.7 Å². The summed E-state index contributed by atoms with van der Waals surface area (Å²) in [6.07, 6.45) is 0.0501. The number of rotatable bonds is 5. The highest BCUT2D eigenvalue weighted by Gasteiger charge is 2.15. The molecule has 0 heterocycles. The molecular formula is C11H21N3O2. The number of nitriles is 1. The van der Waals surface area contributed by atoms with Gasteiger partial charge in [0.15, 0.2) is 0 Å². The van der Waals surface area contributed by atoms with Crippen molar-refractivity contribution in [2.45, 2.75) is 45.8 Å². The molecule has 0 aromatic rings. The van der Waals surface area contributed by atoms with E-state index in [2.05, 4.69) is 16.7 Å². The standard InChI is InChI=1S/C11H21N3O2/c1-9(5-6-12)13-7-8-14-10(15)16-11(2,3)4/h9,13H,5,7-8H2,1-4H3,(H,14,15). The van der Waals surface area contributed by atoms with E-state index in [-0.39, 0.29) is 6.04 Å². The maximum atomic E-state index is 11.2.